The van der Waals surface area contributed by atoms with Gasteiger partial charge in [-0.05, 0) is 42.5 Å². The first kappa shape index (κ1) is 14.0. The van der Waals surface area contributed by atoms with Gasteiger partial charge >= 0.3 is 0 Å². The lowest BCUT2D eigenvalue weighted by molar-refractivity contribution is 0.625. The monoisotopic (exact) mass is 305 g/mol. The van der Waals surface area contributed by atoms with Gasteiger partial charge in [0.2, 0.25) is 0 Å². The molecule has 0 atom stereocenters. The van der Waals surface area contributed by atoms with Gasteiger partial charge in [0, 0.05) is 37.6 Å². The van der Waals surface area contributed by atoms with E-state index in [0.29, 0.717) is 10.7 Å². The summed E-state index contributed by atoms with van der Waals surface area (Å²) in [7, 11) is 0. The molecule has 0 saturated carbocycles. The molecule has 0 amide bonds. The van der Waals surface area contributed by atoms with Crippen LogP contribution in [0.5, 0.6) is 0 Å². The summed E-state index contributed by atoms with van der Waals surface area (Å²) >= 11 is 6.26. The van der Waals surface area contributed by atoms with E-state index in [-0.39, 0.29) is 5.82 Å². The Hall–Kier alpha value is -1.94. The molecule has 0 bridgehead atoms. The Morgan fingerprint density at radius 2 is 1.52 bits per heavy atom. The van der Waals surface area contributed by atoms with Crippen molar-refractivity contribution in [3.8, 4) is 0 Å². The van der Waals surface area contributed by atoms with Gasteiger partial charge in [0.25, 0.3) is 0 Å². The van der Waals surface area contributed by atoms with Gasteiger partial charge in [0.15, 0.2) is 0 Å². The first-order valence-corrected chi connectivity index (χ1v) is 7.32. The number of nitrogen functional groups attached to an aromatic ring is 1. The van der Waals surface area contributed by atoms with Gasteiger partial charge in [-0.25, -0.2) is 4.39 Å². The van der Waals surface area contributed by atoms with Crippen LogP contribution in [-0.2, 0) is 0 Å². The van der Waals surface area contributed by atoms with Gasteiger partial charge in [-0.1, -0.05) is 11.6 Å². The van der Waals surface area contributed by atoms with Gasteiger partial charge in [0.05, 0.1) is 10.7 Å². The number of rotatable bonds is 2. The van der Waals surface area contributed by atoms with Crippen LogP contribution in [0.4, 0.5) is 21.5 Å². The van der Waals surface area contributed by atoms with Crippen molar-refractivity contribution in [1.29, 1.82) is 0 Å². The number of anilines is 3. The topological polar surface area (TPSA) is 32.5 Å². The van der Waals surface area contributed by atoms with Crippen molar-refractivity contribution in [2.75, 3.05) is 41.7 Å². The highest BCUT2D eigenvalue weighted by atomic mass is 35.5. The molecule has 1 aliphatic rings. The second-order valence-corrected chi connectivity index (χ2v) is 5.57. The molecule has 1 saturated heterocycles. The summed E-state index contributed by atoms with van der Waals surface area (Å²) in [6.07, 6.45) is 0. The van der Waals surface area contributed by atoms with Crippen molar-refractivity contribution >= 4 is 28.7 Å². The summed E-state index contributed by atoms with van der Waals surface area (Å²) in [4.78, 5) is 4.50. The van der Waals surface area contributed by atoms with Crippen LogP contribution in [0.25, 0.3) is 0 Å². The number of benzene rings is 2. The molecule has 110 valence electrons. The normalized spacial score (nSPS) is 15.3. The van der Waals surface area contributed by atoms with E-state index in [1.165, 1.54) is 12.1 Å². The minimum Gasteiger partial charge on any atom is -0.399 e. The smallest absolute Gasteiger partial charge is 0.123 e. The Morgan fingerprint density at radius 1 is 0.905 bits per heavy atom. The van der Waals surface area contributed by atoms with Gasteiger partial charge in [-0.3, -0.25) is 0 Å². The number of hydrogen-bond donors (Lipinski definition) is 1. The molecule has 1 heterocycles. The van der Waals surface area contributed by atoms with E-state index >= 15 is 0 Å². The van der Waals surface area contributed by atoms with Crippen molar-refractivity contribution in [2.24, 2.45) is 0 Å². The fourth-order valence-corrected chi connectivity index (χ4v) is 2.95. The molecule has 0 aromatic heterocycles. The number of nitrogens with two attached hydrogens (primary N) is 1. The summed E-state index contributed by atoms with van der Waals surface area (Å²) in [5.74, 6) is -0.203. The maximum absolute atomic E-state index is 13.0. The molecule has 0 unspecified atom stereocenters. The van der Waals surface area contributed by atoms with Crippen LogP contribution < -0.4 is 15.5 Å². The van der Waals surface area contributed by atoms with Crippen molar-refractivity contribution in [3.63, 3.8) is 0 Å². The molecule has 5 heteroatoms. The van der Waals surface area contributed by atoms with E-state index in [2.05, 4.69) is 9.80 Å². The quantitative estimate of drug-likeness (QED) is 0.863. The molecule has 2 aromatic carbocycles. The number of nitrogens with zero attached hydrogens (tertiary/aromatic N) is 2. The third kappa shape index (κ3) is 3.05. The summed E-state index contributed by atoms with van der Waals surface area (Å²) in [5, 5.41) is 0.685. The highest BCUT2D eigenvalue weighted by Gasteiger charge is 2.19. The lowest BCUT2D eigenvalue weighted by atomic mass is 10.2. The maximum atomic E-state index is 13.0. The number of halogens is 2. The highest BCUT2D eigenvalue weighted by Crippen LogP contribution is 2.29. The molecule has 0 spiro atoms. The van der Waals surface area contributed by atoms with Crippen LogP contribution in [0.3, 0.4) is 0 Å². The lowest BCUT2D eigenvalue weighted by Crippen LogP contribution is -2.46. The summed E-state index contributed by atoms with van der Waals surface area (Å²) in [5.41, 5.74) is 8.47. The number of piperazine rings is 1. The van der Waals surface area contributed by atoms with E-state index < -0.39 is 0 Å². The van der Waals surface area contributed by atoms with E-state index in [9.17, 15) is 4.39 Å². The van der Waals surface area contributed by atoms with Gasteiger partial charge < -0.3 is 15.5 Å². The van der Waals surface area contributed by atoms with Crippen LogP contribution in [0.2, 0.25) is 5.02 Å². The largest absolute Gasteiger partial charge is 0.399 e. The minimum atomic E-state index is -0.203. The molecular formula is C16H17ClFN3. The lowest BCUT2D eigenvalue weighted by Gasteiger charge is -2.37. The molecule has 21 heavy (non-hydrogen) atoms. The Kier molecular flexibility index (Phi) is 3.88. The van der Waals surface area contributed by atoms with E-state index in [0.717, 1.165) is 37.6 Å². The summed E-state index contributed by atoms with van der Waals surface area (Å²) in [6.45, 7) is 3.51. The zero-order chi connectivity index (χ0) is 14.8. The molecule has 0 radical (unpaired) electrons. The Morgan fingerprint density at radius 3 is 2.14 bits per heavy atom. The van der Waals surface area contributed by atoms with Crippen molar-refractivity contribution in [3.05, 3.63) is 53.3 Å². The standard InChI is InChI=1S/C16H17ClFN3/c17-15-11-13(19)3-6-16(15)21-9-7-20(8-10-21)14-4-1-12(18)2-5-14/h1-6,11H,7-10,19H2. The van der Waals surface area contributed by atoms with Crippen LogP contribution in [0.1, 0.15) is 0 Å². The van der Waals surface area contributed by atoms with Crippen molar-refractivity contribution in [1.82, 2.24) is 0 Å². The molecule has 0 aliphatic carbocycles. The van der Waals surface area contributed by atoms with E-state index in [1.54, 1.807) is 6.07 Å². The Bertz CT molecular complexity index is 622. The van der Waals surface area contributed by atoms with Crippen LogP contribution in [0, 0.1) is 5.82 Å². The number of hydrogen-bond acceptors (Lipinski definition) is 3. The summed E-state index contributed by atoms with van der Waals surface area (Å²) < 4.78 is 13.0. The van der Waals surface area contributed by atoms with Crippen LogP contribution in [0.15, 0.2) is 42.5 Å². The molecule has 2 N–H and O–H groups in total. The van der Waals surface area contributed by atoms with Gasteiger partial charge in [0.1, 0.15) is 5.82 Å². The molecular weight excluding hydrogens is 289 g/mol. The maximum Gasteiger partial charge on any atom is 0.123 e. The molecule has 3 rings (SSSR count). The fraction of sp³-hybridized carbons (Fsp3) is 0.250. The zero-order valence-electron chi connectivity index (χ0n) is 11.6. The van der Waals surface area contributed by atoms with Crippen LogP contribution >= 0.6 is 11.6 Å². The summed E-state index contributed by atoms with van der Waals surface area (Å²) in [6, 6.07) is 12.3. The molecule has 1 aliphatic heterocycles. The first-order chi connectivity index (χ1) is 10.1. The van der Waals surface area contributed by atoms with Crippen molar-refractivity contribution < 1.29 is 4.39 Å². The zero-order valence-corrected chi connectivity index (χ0v) is 12.4. The Balaban J connectivity index is 1.68. The van der Waals surface area contributed by atoms with Gasteiger partial charge in [-0.15, -0.1) is 0 Å². The molecule has 2 aromatic rings. The van der Waals surface area contributed by atoms with E-state index in [1.807, 2.05) is 24.3 Å². The van der Waals surface area contributed by atoms with E-state index in [4.69, 9.17) is 17.3 Å². The second kappa shape index (κ2) is 5.82. The second-order valence-electron chi connectivity index (χ2n) is 5.16. The van der Waals surface area contributed by atoms with Crippen molar-refractivity contribution in [2.45, 2.75) is 0 Å². The third-order valence-corrected chi connectivity index (χ3v) is 4.09. The predicted octanol–water partition coefficient (Wildman–Crippen LogP) is 3.39. The SMILES string of the molecule is Nc1ccc(N2CCN(c3ccc(F)cc3)CC2)c(Cl)c1. The van der Waals surface area contributed by atoms with Crippen LogP contribution in [-0.4, -0.2) is 26.2 Å². The predicted molar refractivity (Wildman–Crippen MR) is 86.7 cm³/mol. The molecule has 1 fully saturated rings. The van der Waals surface area contributed by atoms with Gasteiger partial charge in [-0.2, -0.15) is 0 Å². The minimum absolute atomic E-state index is 0.203. The highest BCUT2D eigenvalue weighted by molar-refractivity contribution is 6.33. The average molecular weight is 306 g/mol. The first-order valence-electron chi connectivity index (χ1n) is 6.94. The Labute approximate surface area is 128 Å². The molecule has 3 nitrogen and oxygen atoms in total. The third-order valence-electron chi connectivity index (χ3n) is 3.78. The fourth-order valence-electron chi connectivity index (χ4n) is 2.64. The average Bonchev–Trinajstić information content (AvgIpc) is 2.48.